The van der Waals surface area contributed by atoms with E-state index in [1.165, 1.54) is 0 Å². The van der Waals surface area contributed by atoms with Gasteiger partial charge in [-0.15, -0.1) is 0 Å². The highest BCUT2D eigenvalue weighted by Crippen LogP contribution is 2.50. The summed E-state index contributed by atoms with van der Waals surface area (Å²) in [5.74, 6) is 0. The third kappa shape index (κ3) is 5.09. The minimum Gasteiger partial charge on any atom is -0.373 e. The van der Waals surface area contributed by atoms with Crippen LogP contribution in [0.4, 0.5) is 0 Å². The first kappa shape index (κ1) is 13.1. The van der Waals surface area contributed by atoms with Crippen LogP contribution in [-0.4, -0.2) is 32.0 Å². The lowest BCUT2D eigenvalue weighted by atomic mass is 10.2. The van der Waals surface area contributed by atoms with Crippen molar-refractivity contribution >= 4 is 7.82 Å². The molecule has 0 aromatic rings. The molecule has 0 aromatic carbocycles. The normalized spacial score (nSPS) is 22.7. The fourth-order valence-electron chi connectivity index (χ4n) is 1.25. The van der Waals surface area contributed by atoms with Gasteiger partial charge in [-0.3, -0.25) is 13.6 Å². The summed E-state index contributed by atoms with van der Waals surface area (Å²) in [6.07, 6.45) is 0.794. The largest absolute Gasteiger partial charge is 0.475 e. The molecule has 0 unspecified atom stereocenters. The van der Waals surface area contributed by atoms with Crippen LogP contribution in [0.15, 0.2) is 0 Å². The highest BCUT2D eigenvalue weighted by atomic mass is 31.2. The summed E-state index contributed by atoms with van der Waals surface area (Å²) >= 11 is 0. The summed E-state index contributed by atoms with van der Waals surface area (Å²) in [5.41, 5.74) is 0. The first-order chi connectivity index (χ1) is 7.09. The Morgan fingerprint density at radius 2 is 1.93 bits per heavy atom. The Labute approximate surface area is 90.7 Å². The second-order valence-electron chi connectivity index (χ2n) is 3.39. The highest BCUT2D eigenvalue weighted by molar-refractivity contribution is 7.48. The van der Waals surface area contributed by atoms with E-state index in [1.807, 2.05) is 6.92 Å². The van der Waals surface area contributed by atoms with Crippen molar-refractivity contribution < 1.29 is 22.9 Å². The van der Waals surface area contributed by atoms with Crippen molar-refractivity contribution in [3.63, 3.8) is 0 Å². The standard InChI is InChI=1S/C9H19O5P/c1-4-12-15(10,13-5-2)14-8(3)6-9-7-11-9/h8-9H,4-7H2,1-3H3/t8-,9+/m1/s1. The maximum absolute atomic E-state index is 11.9. The van der Waals surface area contributed by atoms with E-state index in [0.29, 0.717) is 13.2 Å². The summed E-state index contributed by atoms with van der Waals surface area (Å²) in [4.78, 5) is 0. The molecule has 15 heavy (non-hydrogen) atoms. The average Bonchev–Trinajstić information content (AvgIpc) is 2.87. The van der Waals surface area contributed by atoms with Crippen LogP contribution < -0.4 is 0 Å². The Bertz CT molecular complexity index is 219. The van der Waals surface area contributed by atoms with Crippen molar-refractivity contribution in [3.05, 3.63) is 0 Å². The van der Waals surface area contributed by atoms with Gasteiger partial charge in [0.25, 0.3) is 0 Å². The third-order valence-electron chi connectivity index (χ3n) is 1.88. The molecule has 1 aliphatic rings. The Morgan fingerprint density at radius 1 is 1.40 bits per heavy atom. The van der Waals surface area contributed by atoms with Crippen LogP contribution in [0.3, 0.4) is 0 Å². The highest BCUT2D eigenvalue weighted by Gasteiger charge is 2.32. The lowest BCUT2D eigenvalue weighted by molar-refractivity contribution is 0.0840. The molecular formula is C9H19O5P. The van der Waals surface area contributed by atoms with Gasteiger partial charge in [-0.1, -0.05) is 0 Å². The van der Waals surface area contributed by atoms with Crippen molar-refractivity contribution in [2.75, 3.05) is 19.8 Å². The summed E-state index contributed by atoms with van der Waals surface area (Å²) < 4.78 is 32.3. The number of hydrogen-bond donors (Lipinski definition) is 0. The fourth-order valence-corrected chi connectivity index (χ4v) is 2.61. The van der Waals surface area contributed by atoms with Gasteiger partial charge in [0, 0.05) is 6.42 Å². The number of rotatable bonds is 8. The molecule has 2 atom stereocenters. The monoisotopic (exact) mass is 238 g/mol. The zero-order valence-corrected chi connectivity index (χ0v) is 10.4. The molecule has 1 rings (SSSR count). The molecule has 0 N–H and O–H groups in total. The maximum atomic E-state index is 11.9. The second-order valence-corrected chi connectivity index (χ2v) is 5.01. The van der Waals surface area contributed by atoms with Gasteiger partial charge in [0.15, 0.2) is 0 Å². The zero-order valence-electron chi connectivity index (χ0n) is 9.47. The molecule has 1 saturated heterocycles. The lowest BCUT2D eigenvalue weighted by Crippen LogP contribution is -2.12. The van der Waals surface area contributed by atoms with Crippen LogP contribution in [0.1, 0.15) is 27.2 Å². The van der Waals surface area contributed by atoms with E-state index in [1.54, 1.807) is 13.8 Å². The van der Waals surface area contributed by atoms with Crippen LogP contribution >= 0.6 is 7.82 Å². The van der Waals surface area contributed by atoms with Crippen molar-refractivity contribution in [1.82, 2.24) is 0 Å². The average molecular weight is 238 g/mol. The molecule has 0 spiro atoms. The van der Waals surface area contributed by atoms with Crippen molar-refractivity contribution in [2.24, 2.45) is 0 Å². The van der Waals surface area contributed by atoms with Crippen molar-refractivity contribution in [2.45, 2.75) is 39.4 Å². The zero-order chi connectivity index (χ0) is 11.3. The van der Waals surface area contributed by atoms with E-state index in [9.17, 15) is 4.57 Å². The summed E-state index contributed by atoms with van der Waals surface area (Å²) in [5, 5.41) is 0. The quantitative estimate of drug-likeness (QED) is 0.480. The Kier molecular flexibility index (Phi) is 5.23. The first-order valence-corrected chi connectivity index (χ1v) is 6.74. The number of ether oxygens (including phenoxy) is 1. The number of phosphoric ester groups is 1. The van der Waals surface area contributed by atoms with Crippen LogP contribution in [-0.2, 0) is 22.9 Å². The van der Waals surface area contributed by atoms with Crippen LogP contribution in [0.25, 0.3) is 0 Å². The predicted octanol–water partition coefficient (Wildman–Crippen LogP) is 2.36. The van der Waals surface area contributed by atoms with E-state index in [0.717, 1.165) is 13.0 Å². The Balaban J connectivity index is 2.37. The molecule has 1 aliphatic heterocycles. The van der Waals surface area contributed by atoms with E-state index in [-0.39, 0.29) is 12.2 Å². The Morgan fingerprint density at radius 3 is 2.33 bits per heavy atom. The topological polar surface area (TPSA) is 57.3 Å². The van der Waals surface area contributed by atoms with Gasteiger partial charge in [-0.25, -0.2) is 4.57 Å². The van der Waals surface area contributed by atoms with Gasteiger partial charge in [-0.2, -0.15) is 0 Å². The van der Waals surface area contributed by atoms with E-state index in [4.69, 9.17) is 18.3 Å². The van der Waals surface area contributed by atoms with Crippen LogP contribution in [0.5, 0.6) is 0 Å². The molecular weight excluding hydrogens is 219 g/mol. The molecule has 1 heterocycles. The second kappa shape index (κ2) is 5.97. The van der Waals surface area contributed by atoms with Crippen molar-refractivity contribution in [1.29, 1.82) is 0 Å². The third-order valence-corrected chi connectivity index (χ3v) is 3.65. The molecule has 0 radical (unpaired) electrons. The van der Waals surface area contributed by atoms with Gasteiger partial charge in [0.2, 0.25) is 0 Å². The van der Waals surface area contributed by atoms with E-state index in [2.05, 4.69) is 0 Å². The molecule has 0 bridgehead atoms. The minimum atomic E-state index is -3.36. The molecule has 1 fully saturated rings. The molecule has 0 amide bonds. The summed E-state index contributed by atoms with van der Waals surface area (Å²) in [6, 6.07) is 0. The molecule has 5 nitrogen and oxygen atoms in total. The SMILES string of the molecule is CCOP(=O)(OCC)O[C@H](C)C[C@H]1CO1. The van der Waals surface area contributed by atoms with Gasteiger partial charge in [-0.05, 0) is 20.8 Å². The van der Waals surface area contributed by atoms with Gasteiger partial charge in [0.05, 0.1) is 32.0 Å². The van der Waals surface area contributed by atoms with Gasteiger partial charge >= 0.3 is 7.82 Å². The smallest absolute Gasteiger partial charge is 0.373 e. The van der Waals surface area contributed by atoms with Crippen LogP contribution in [0, 0.1) is 0 Å². The van der Waals surface area contributed by atoms with E-state index < -0.39 is 7.82 Å². The first-order valence-electron chi connectivity index (χ1n) is 5.28. The lowest BCUT2D eigenvalue weighted by Gasteiger charge is -2.20. The number of phosphoric acid groups is 1. The van der Waals surface area contributed by atoms with Gasteiger partial charge in [0.1, 0.15) is 0 Å². The molecule has 0 aromatic heterocycles. The molecule has 0 aliphatic carbocycles. The molecule has 6 heteroatoms. The predicted molar refractivity (Wildman–Crippen MR) is 55.8 cm³/mol. The Hall–Kier alpha value is 0.0700. The van der Waals surface area contributed by atoms with E-state index >= 15 is 0 Å². The molecule has 90 valence electrons. The molecule has 0 saturated carbocycles. The van der Waals surface area contributed by atoms with Gasteiger partial charge < -0.3 is 4.74 Å². The maximum Gasteiger partial charge on any atom is 0.475 e. The fraction of sp³-hybridized carbons (Fsp3) is 1.00. The van der Waals surface area contributed by atoms with Crippen LogP contribution in [0.2, 0.25) is 0 Å². The number of hydrogen-bond acceptors (Lipinski definition) is 5. The van der Waals surface area contributed by atoms with Crippen molar-refractivity contribution in [3.8, 4) is 0 Å². The summed E-state index contributed by atoms with van der Waals surface area (Å²) in [6.45, 7) is 6.73. The number of epoxide rings is 1. The minimum absolute atomic E-state index is 0.179. The summed E-state index contributed by atoms with van der Waals surface area (Å²) in [7, 11) is -3.36.